The molecule has 0 aliphatic carbocycles. The van der Waals surface area contributed by atoms with E-state index in [2.05, 4.69) is 9.71 Å². The van der Waals surface area contributed by atoms with Crippen LogP contribution in [0, 0.1) is 12.8 Å². The first-order valence-corrected chi connectivity index (χ1v) is 15.9. The molecule has 14 heteroatoms. The lowest BCUT2D eigenvalue weighted by atomic mass is 9.99. The predicted molar refractivity (Wildman–Crippen MR) is 153 cm³/mol. The Labute approximate surface area is 240 Å². The van der Waals surface area contributed by atoms with Gasteiger partial charge in [0.15, 0.2) is 5.03 Å². The van der Waals surface area contributed by atoms with Gasteiger partial charge < -0.3 is 19.3 Å². The fraction of sp³-hybridized carbons (Fsp3) is 0.407. The molecule has 0 saturated heterocycles. The van der Waals surface area contributed by atoms with Crippen molar-refractivity contribution in [2.75, 3.05) is 31.5 Å². The van der Waals surface area contributed by atoms with Gasteiger partial charge in [0.1, 0.15) is 11.9 Å². The van der Waals surface area contributed by atoms with E-state index >= 15 is 0 Å². The van der Waals surface area contributed by atoms with Crippen molar-refractivity contribution in [2.45, 2.75) is 42.8 Å². The molecular weight excluding hydrogens is 570 g/mol. The fourth-order valence-electron chi connectivity index (χ4n) is 4.48. The Morgan fingerprint density at radius 3 is 2.46 bits per heavy atom. The zero-order chi connectivity index (χ0) is 30.1. The number of fused-ring (bicyclic) bond motifs is 1. The molecule has 1 aliphatic rings. The number of hydrogen-bond donors (Lipinski definition) is 2. The lowest BCUT2D eigenvalue weighted by molar-refractivity contribution is 0.0387. The predicted octanol–water partition coefficient (Wildman–Crippen LogP) is 2.07. The summed E-state index contributed by atoms with van der Waals surface area (Å²) in [6.45, 7) is 5.28. The van der Waals surface area contributed by atoms with E-state index in [0.717, 1.165) is 5.56 Å². The summed E-state index contributed by atoms with van der Waals surface area (Å²) < 4.78 is 63.7. The largest absolute Gasteiger partial charge is 0.488 e. The van der Waals surface area contributed by atoms with E-state index in [1.54, 1.807) is 38.2 Å². The number of rotatable bonds is 9. The third-order valence-corrected chi connectivity index (χ3v) is 10.1. The number of aliphatic hydroxyl groups is 1. The van der Waals surface area contributed by atoms with Gasteiger partial charge in [0, 0.05) is 38.4 Å². The van der Waals surface area contributed by atoms with Crippen LogP contribution in [0.4, 0.5) is 5.69 Å². The van der Waals surface area contributed by atoms with Crippen molar-refractivity contribution in [1.82, 2.24) is 18.8 Å². The number of aliphatic hydroxyl groups excluding tert-OH is 1. The van der Waals surface area contributed by atoms with Gasteiger partial charge in [-0.3, -0.25) is 9.52 Å². The summed E-state index contributed by atoms with van der Waals surface area (Å²) >= 11 is 0. The first-order valence-electron chi connectivity index (χ1n) is 13.0. The number of aryl methyl sites for hydroxylation is 2. The molecule has 0 bridgehead atoms. The zero-order valence-electron chi connectivity index (χ0n) is 23.6. The highest BCUT2D eigenvalue weighted by Gasteiger charge is 2.35. The number of ether oxygens (including phenoxy) is 1. The van der Waals surface area contributed by atoms with E-state index in [4.69, 9.17) is 4.74 Å². The summed E-state index contributed by atoms with van der Waals surface area (Å²) in [6.07, 6.45) is 2.04. The van der Waals surface area contributed by atoms with E-state index in [1.165, 1.54) is 51.5 Å². The van der Waals surface area contributed by atoms with Crippen LogP contribution >= 0.6 is 0 Å². The number of sulfonamides is 2. The summed E-state index contributed by atoms with van der Waals surface area (Å²) in [5.74, 6) is -0.603. The Hall–Kier alpha value is -3.46. The molecule has 222 valence electrons. The van der Waals surface area contributed by atoms with Gasteiger partial charge in [-0.15, -0.1) is 0 Å². The van der Waals surface area contributed by atoms with Gasteiger partial charge in [-0.05, 0) is 44.2 Å². The monoisotopic (exact) mass is 605 g/mol. The molecule has 2 N–H and O–H groups in total. The zero-order valence-corrected chi connectivity index (χ0v) is 25.2. The smallest absolute Gasteiger partial charge is 0.280 e. The van der Waals surface area contributed by atoms with Gasteiger partial charge in [0.2, 0.25) is 10.0 Å². The number of anilines is 1. The van der Waals surface area contributed by atoms with Gasteiger partial charge in [0.05, 0.1) is 36.0 Å². The van der Waals surface area contributed by atoms with Crippen molar-refractivity contribution in [3.8, 4) is 5.75 Å². The van der Waals surface area contributed by atoms with Crippen molar-refractivity contribution in [3.63, 3.8) is 0 Å². The highest BCUT2D eigenvalue weighted by atomic mass is 32.2. The summed E-state index contributed by atoms with van der Waals surface area (Å²) in [6, 6.07) is 10.3. The van der Waals surface area contributed by atoms with Crippen molar-refractivity contribution >= 4 is 31.6 Å². The molecule has 1 aromatic heterocycles. The number of carbonyl (C=O) groups excluding carboxylic acids is 1. The number of likely N-dealkylation sites (N-methyl/N-ethyl adjacent to an activating group) is 1. The van der Waals surface area contributed by atoms with E-state index in [0.29, 0.717) is 0 Å². The molecule has 0 spiro atoms. The van der Waals surface area contributed by atoms with Gasteiger partial charge in [0.25, 0.3) is 15.9 Å². The Morgan fingerprint density at radius 2 is 1.85 bits per heavy atom. The van der Waals surface area contributed by atoms with E-state index in [1.807, 2.05) is 13.8 Å². The maximum atomic E-state index is 13.7. The molecule has 3 atom stereocenters. The molecule has 0 fully saturated rings. The maximum absolute atomic E-state index is 13.7. The standard InChI is InChI=1S/C27H35N5O7S2/c1-18-6-9-22(10-7-18)41(37,38)31(5)14-25-19(2)13-32(20(3)16-33)27(34)23-12-21(8-11-24(23)39-25)29-40(35,36)26-15-30(4)17-28-26/h6-12,15,17,19-20,25,29,33H,13-14,16H2,1-5H3/t19-,20-,25-/m1/s1. The second-order valence-electron chi connectivity index (χ2n) is 10.4. The van der Waals surface area contributed by atoms with Gasteiger partial charge >= 0.3 is 0 Å². The number of benzene rings is 2. The first-order chi connectivity index (χ1) is 19.2. The van der Waals surface area contributed by atoms with Crippen molar-refractivity contribution in [3.05, 3.63) is 66.1 Å². The van der Waals surface area contributed by atoms with Crippen LogP contribution in [-0.4, -0.2) is 85.5 Å². The molecule has 1 amide bonds. The molecule has 3 aromatic rings. The van der Waals surface area contributed by atoms with Gasteiger partial charge in [-0.25, -0.2) is 13.4 Å². The number of aromatic nitrogens is 2. The number of hydrogen-bond acceptors (Lipinski definition) is 8. The minimum absolute atomic E-state index is 0.0135. The van der Waals surface area contributed by atoms with Crippen LogP contribution in [0.3, 0.4) is 0 Å². The molecule has 41 heavy (non-hydrogen) atoms. The lowest BCUT2D eigenvalue weighted by Crippen LogP contribution is -2.50. The Morgan fingerprint density at radius 1 is 1.17 bits per heavy atom. The number of amides is 1. The summed E-state index contributed by atoms with van der Waals surface area (Å²) in [5, 5.41) is 9.70. The Kier molecular flexibility index (Phi) is 8.78. The van der Waals surface area contributed by atoms with Crippen LogP contribution in [0.25, 0.3) is 0 Å². The van der Waals surface area contributed by atoms with Crippen LogP contribution < -0.4 is 9.46 Å². The number of carbonyl (C=O) groups is 1. The van der Waals surface area contributed by atoms with Gasteiger partial charge in [-0.2, -0.15) is 12.7 Å². The Balaban J connectivity index is 1.68. The number of imidazole rings is 1. The summed E-state index contributed by atoms with van der Waals surface area (Å²) in [5.41, 5.74) is 1.13. The molecule has 2 aromatic carbocycles. The first kappa shape index (κ1) is 30.5. The average Bonchev–Trinajstić information content (AvgIpc) is 3.38. The maximum Gasteiger partial charge on any atom is 0.280 e. The molecule has 0 saturated carbocycles. The summed E-state index contributed by atoms with van der Waals surface area (Å²) in [7, 11) is -4.74. The van der Waals surface area contributed by atoms with Gasteiger partial charge in [-0.1, -0.05) is 24.6 Å². The molecule has 0 unspecified atom stereocenters. The molecule has 0 radical (unpaired) electrons. The third kappa shape index (κ3) is 6.56. The van der Waals surface area contributed by atoms with Crippen LogP contribution in [0.15, 0.2) is 64.9 Å². The summed E-state index contributed by atoms with van der Waals surface area (Å²) in [4.78, 5) is 19.2. The number of nitrogens with one attached hydrogen (secondary N) is 1. The van der Waals surface area contributed by atoms with Crippen LogP contribution in [-0.2, 0) is 27.1 Å². The van der Waals surface area contributed by atoms with Crippen molar-refractivity contribution in [1.29, 1.82) is 0 Å². The highest BCUT2D eigenvalue weighted by molar-refractivity contribution is 7.92. The molecule has 12 nitrogen and oxygen atoms in total. The minimum Gasteiger partial charge on any atom is -0.488 e. The second kappa shape index (κ2) is 11.8. The molecule has 1 aliphatic heterocycles. The van der Waals surface area contributed by atoms with E-state index < -0.39 is 38.1 Å². The molecule has 4 rings (SSSR count). The van der Waals surface area contributed by atoms with Crippen LogP contribution in [0.5, 0.6) is 5.75 Å². The molecule has 2 heterocycles. The number of nitrogens with zero attached hydrogens (tertiary/aromatic N) is 4. The third-order valence-electron chi connectivity index (χ3n) is 7.04. The average molecular weight is 606 g/mol. The second-order valence-corrected chi connectivity index (χ2v) is 14.1. The normalized spacial score (nSPS) is 18.8. The van der Waals surface area contributed by atoms with Crippen LogP contribution in [0.1, 0.15) is 29.8 Å². The van der Waals surface area contributed by atoms with Crippen LogP contribution in [0.2, 0.25) is 0 Å². The minimum atomic E-state index is -4.03. The SMILES string of the molecule is Cc1ccc(S(=O)(=O)N(C)C[C@H]2Oc3ccc(NS(=O)(=O)c4cn(C)cn4)cc3C(=O)N([C@H](C)CO)C[C@H]2C)cc1. The van der Waals surface area contributed by atoms with Crippen molar-refractivity contribution < 1.29 is 31.5 Å². The Bertz CT molecular complexity index is 1620. The quantitative estimate of drug-likeness (QED) is 0.376. The fourth-order valence-corrected chi connectivity index (χ4v) is 6.70. The molecular formula is C27H35N5O7S2. The highest BCUT2D eigenvalue weighted by Crippen LogP contribution is 2.32. The van der Waals surface area contributed by atoms with E-state index in [9.17, 15) is 26.7 Å². The topological polar surface area (TPSA) is 151 Å². The van der Waals surface area contributed by atoms with Crippen molar-refractivity contribution in [2.24, 2.45) is 13.0 Å². The lowest BCUT2D eigenvalue weighted by Gasteiger charge is -2.38. The van der Waals surface area contributed by atoms with E-state index in [-0.39, 0.29) is 52.5 Å².